The van der Waals surface area contributed by atoms with Gasteiger partial charge in [-0.2, -0.15) is 0 Å². The van der Waals surface area contributed by atoms with Gasteiger partial charge in [0.05, 0.1) is 12.4 Å². The summed E-state index contributed by atoms with van der Waals surface area (Å²) in [7, 11) is 0. The van der Waals surface area contributed by atoms with Gasteiger partial charge in [0, 0.05) is 0 Å². The first kappa shape index (κ1) is 15.6. The van der Waals surface area contributed by atoms with Crippen LogP contribution in [0.3, 0.4) is 0 Å². The monoisotopic (exact) mass is 252 g/mol. The average molecular weight is 252 g/mol. The molecular formula is C17H32O. The van der Waals surface area contributed by atoms with Gasteiger partial charge in [-0.3, -0.25) is 0 Å². The molecule has 1 rings (SSSR count). The summed E-state index contributed by atoms with van der Waals surface area (Å²) < 4.78 is 5.98. The van der Waals surface area contributed by atoms with Crippen LogP contribution >= 0.6 is 0 Å². The first-order valence-corrected chi connectivity index (χ1v) is 8.14. The molecule has 1 heteroatoms. The Hall–Kier alpha value is -0.460. The highest BCUT2D eigenvalue weighted by Gasteiger charge is 2.09. The molecule has 0 radical (unpaired) electrons. The van der Waals surface area contributed by atoms with Gasteiger partial charge < -0.3 is 4.74 Å². The lowest BCUT2D eigenvalue weighted by molar-refractivity contribution is 0.118. The van der Waals surface area contributed by atoms with E-state index in [1.807, 2.05) is 6.26 Å². The van der Waals surface area contributed by atoms with E-state index >= 15 is 0 Å². The Morgan fingerprint density at radius 3 is 1.78 bits per heavy atom. The van der Waals surface area contributed by atoms with E-state index in [4.69, 9.17) is 4.74 Å². The molecule has 0 atom stereocenters. The predicted molar refractivity (Wildman–Crippen MR) is 79.7 cm³/mol. The Bertz CT molecular complexity index is 208. The van der Waals surface area contributed by atoms with Crippen molar-refractivity contribution < 1.29 is 4.74 Å². The molecule has 0 aromatic rings. The summed E-state index contributed by atoms with van der Waals surface area (Å²) in [6.07, 6.45) is 18.8. The lowest BCUT2D eigenvalue weighted by Gasteiger charge is -2.18. The van der Waals surface area contributed by atoms with Crippen LogP contribution in [0.1, 0.15) is 90.9 Å². The molecule has 0 amide bonds. The van der Waals surface area contributed by atoms with Gasteiger partial charge in [0.15, 0.2) is 0 Å². The van der Waals surface area contributed by atoms with Crippen molar-refractivity contribution in [2.75, 3.05) is 0 Å². The van der Waals surface area contributed by atoms with Gasteiger partial charge in [0.25, 0.3) is 0 Å². The predicted octanol–water partition coefficient (Wildman–Crippen LogP) is 5.99. The van der Waals surface area contributed by atoms with Gasteiger partial charge in [-0.1, -0.05) is 51.9 Å². The summed E-state index contributed by atoms with van der Waals surface area (Å²) in [5.74, 6) is 0. The second-order valence-electron chi connectivity index (χ2n) is 5.84. The maximum Gasteiger partial charge on any atom is 0.0978 e. The maximum atomic E-state index is 5.98. The molecule has 1 saturated carbocycles. The van der Waals surface area contributed by atoms with E-state index in [2.05, 4.69) is 13.8 Å². The third kappa shape index (κ3) is 7.79. The van der Waals surface area contributed by atoms with Crippen LogP contribution < -0.4 is 0 Å². The highest BCUT2D eigenvalue weighted by Crippen LogP contribution is 2.19. The molecule has 1 nitrogen and oxygen atoms in total. The first-order valence-electron chi connectivity index (χ1n) is 8.14. The Balaban J connectivity index is 2.31. The molecule has 0 unspecified atom stereocenters. The molecule has 18 heavy (non-hydrogen) atoms. The Morgan fingerprint density at radius 1 is 0.889 bits per heavy atom. The second kappa shape index (κ2) is 10.5. The van der Waals surface area contributed by atoms with E-state index in [-0.39, 0.29) is 0 Å². The summed E-state index contributed by atoms with van der Waals surface area (Å²) in [5, 5.41) is 0. The van der Waals surface area contributed by atoms with Crippen molar-refractivity contribution in [2.24, 2.45) is 0 Å². The minimum Gasteiger partial charge on any atom is -0.498 e. The molecule has 0 aliphatic heterocycles. The number of hydrogen-bond acceptors (Lipinski definition) is 1. The average Bonchev–Trinajstić information content (AvgIpc) is 2.37. The number of ether oxygens (including phenoxy) is 1. The van der Waals surface area contributed by atoms with Crippen molar-refractivity contribution in [3.05, 3.63) is 11.8 Å². The molecule has 1 aliphatic carbocycles. The van der Waals surface area contributed by atoms with E-state index < -0.39 is 0 Å². The second-order valence-corrected chi connectivity index (χ2v) is 5.84. The van der Waals surface area contributed by atoms with Crippen molar-refractivity contribution in [1.29, 1.82) is 0 Å². The molecule has 0 bridgehead atoms. The van der Waals surface area contributed by atoms with Crippen LogP contribution in [0.5, 0.6) is 0 Å². The maximum absolute atomic E-state index is 5.98. The van der Waals surface area contributed by atoms with Crippen LogP contribution in [0, 0.1) is 0 Å². The Labute approximate surface area is 114 Å². The smallest absolute Gasteiger partial charge is 0.0978 e. The van der Waals surface area contributed by atoms with E-state index in [0.29, 0.717) is 6.10 Å². The van der Waals surface area contributed by atoms with Gasteiger partial charge in [-0.05, 0) is 44.6 Å². The van der Waals surface area contributed by atoms with Crippen LogP contribution in [0.25, 0.3) is 0 Å². The SMILES string of the molecule is CCC(C)=COC1CCCCCCCCCCC1. The van der Waals surface area contributed by atoms with Gasteiger partial charge in [0.2, 0.25) is 0 Å². The van der Waals surface area contributed by atoms with Crippen molar-refractivity contribution in [3.63, 3.8) is 0 Å². The molecular weight excluding hydrogens is 220 g/mol. The molecule has 0 N–H and O–H groups in total. The van der Waals surface area contributed by atoms with Crippen LogP contribution in [0.15, 0.2) is 11.8 Å². The van der Waals surface area contributed by atoms with Crippen LogP contribution in [0.2, 0.25) is 0 Å². The molecule has 1 aliphatic rings. The molecule has 0 heterocycles. The molecule has 106 valence electrons. The zero-order valence-corrected chi connectivity index (χ0v) is 12.5. The molecule has 0 spiro atoms. The zero-order chi connectivity index (χ0) is 13.1. The summed E-state index contributed by atoms with van der Waals surface area (Å²) >= 11 is 0. The van der Waals surface area contributed by atoms with Crippen LogP contribution in [0.4, 0.5) is 0 Å². The van der Waals surface area contributed by atoms with Crippen LogP contribution in [-0.4, -0.2) is 6.10 Å². The zero-order valence-electron chi connectivity index (χ0n) is 12.5. The van der Waals surface area contributed by atoms with Crippen molar-refractivity contribution in [1.82, 2.24) is 0 Å². The largest absolute Gasteiger partial charge is 0.498 e. The summed E-state index contributed by atoms with van der Waals surface area (Å²) in [6.45, 7) is 4.35. The Morgan fingerprint density at radius 2 is 1.33 bits per heavy atom. The normalized spacial score (nSPS) is 22.0. The summed E-state index contributed by atoms with van der Waals surface area (Å²) in [4.78, 5) is 0. The van der Waals surface area contributed by atoms with Crippen molar-refractivity contribution in [2.45, 2.75) is 97.0 Å². The quantitative estimate of drug-likeness (QED) is 0.560. The number of hydrogen-bond donors (Lipinski definition) is 0. The minimum atomic E-state index is 0.478. The fraction of sp³-hybridized carbons (Fsp3) is 0.882. The molecule has 0 saturated heterocycles. The lowest BCUT2D eigenvalue weighted by atomic mass is 9.99. The van der Waals surface area contributed by atoms with E-state index in [1.54, 1.807) is 0 Å². The van der Waals surface area contributed by atoms with Gasteiger partial charge in [0.1, 0.15) is 0 Å². The third-order valence-corrected chi connectivity index (χ3v) is 4.07. The highest BCUT2D eigenvalue weighted by atomic mass is 16.5. The van der Waals surface area contributed by atoms with E-state index in [0.717, 1.165) is 6.42 Å². The van der Waals surface area contributed by atoms with Crippen molar-refractivity contribution >= 4 is 0 Å². The molecule has 0 aromatic heterocycles. The topological polar surface area (TPSA) is 9.23 Å². The van der Waals surface area contributed by atoms with Crippen molar-refractivity contribution in [3.8, 4) is 0 Å². The third-order valence-electron chi connectivity index (χ3n) is 4.07. The van der Waals surface area contributed by atoms with Gasteiger partial charge in [-0.15, -0.1) is 0 Å². The lowest BCUT2D eigenvalue weighted by Crippen LogP contribution is -2.10. The number of allylic oxidation sites excluding steroid dienone is 1. The van der Waals surface area contributed by atoms with Crippen LogP contribution in [-0.2, 0) is 4.74 Å². The standard InChI is InChI=1S/C17H32O/c1-3-16(2)15-18-17-13-11-9-7-5-4-6-8-10-12-14-17/h15,17H,3-14H2,1-2H3. The summed E-state index contributed by atoms with van der Waals surface area (Å²) in [5.41, 5.74) is 1.36. The Kier molecular flexibility index (Phi) is 9.06. The fourth-order valence-corrected chi connectivity index (χ4v) is 2.56. The number of rotatable bonds is 3. The molecule has 0 aromatic carbocycles. The highest BCUT2D eigenvalue weighted by molar-refractivity contribution is 4.91. The fourth-order valence-electron chi connectivity index (χ4n) is 2.56. The summed E-state index contributed by atoms with van der Waals surface area (Å²) in [6, 6.07) is 0. The first-order chi connectivity index (χ1) is 8.83. The minimum absolute atomic E-state index is 0.478. The van der Waals surface area contributed by atoms with E-state index in [9.17, 15) is 0 Å². The van der Waals surface area contributed by atoms with Gasteiger partial charge in [-0.25, -0.2) is 0 Å². The molecule has 1 fully saturated rings. The van der Waals surface area contributed by atoms with Gasteiger partial charge >= 0.3 is 0 Å². The van der Waals surface area contributed by atoms with E-state index in [1.165, 1.54) is 76.2 Å².